The quantitative estimate of drug-likeness (QED) is 0.822. The van der Waals surface area contributed by atoms with Crippen LogP contribution in [-0.2, 0) is 4.79 Å². The van der Waals surface area contributed by atoms with Gasteiger partial charge in [0.25, 0.3) is 0 Å². The van der Waals surface area contributed by atoms with Gasteiger partial charge in [0.1, 0.15) is 0 Å². The molecule has 0 unspecified atom stereocenters. The van der Waals surface area contributed by atoms with E-state index in [2.05, 4.69) is 33.0 Å². The lowest BCUT2D eigenvalue weighted by molar-refractivity contribution is -0.132. The van der Waals surface area contributed by atoms with Crippen molar-refractivity contribution < 1.29 is 9.90 Å². The number of nitrogens with one attached hydrogen (secondary N) is 1. The SMILES string of the molecule is CC1(C)CC(CC(=O)N2CCC[C@H](O)CC2)CC(C)(C)N1. The molecule has 2 aliphatic heterocycles. The van der Waals surface area contributed by atoms with Gasteiger partial charge in [-0.3, -0.25) is 4.79 Å². The zero-order valence-electron chi connectivity index (χ0n) is 14.1. The van der Waals surface area contributed by atoms with Crippen molar-refractivity contribution in [2.45, 2.75) is 83.4 Å². The maximum atomic E-state index is 12.6. The summed E-state index contributed by atoms with van der Waals surface area (Å²) in [6.45, 7) is 10.5. The Bertz CT molecular complexity index is 363. The van der Waals surface area contributed by atoms with E-state index in [1.165, 1.54) is 0 Å². The monoisotopic (exact) mass is 296 g/mol. The van der Waals surface area contributed by atoms with E-state index in [1.54, 1.807) is 0 Å². The van der Waals surface area contributed by atoms with E-state index in [0.29, 0.717) is 12.3 Å². The number of carbonyl (C=O) groups excluding carboxylic acids is 1. The van der Waals surface area contributed by atoms with Crippen LogP contribution in [-0.4, -0.2) is 46.2 Å². The number of hydrogen-bond acceptors (Lipinski definition) is 3. The minimum atomic E-state index is -0.223. The van der Waals surface area contributed by atoms with E-state index < -0.39 is 0 Å². The molecule has 21 heavy (non-hydrogen) atoms. The minimum absolute atomic E-state index is 0.0989. The lowest BCUT2D eigenvalue weighted by Crippen LogP contribution is -2.58. The molecule has 0 aromatic carbocycles. The topological polar surface area (TPSA) is 52.6 Å². The molecule has 0 aromatic heterocycles. The number of likely N-dealkylation sites (tertiary alicyclic amines) is 1. The van der Waals surface area contributed by atoms with Crippen LogP contribution in [0.5, 0.6) is 0 Å². The summed E-state index contributed by atoms with van der Waals surface area (Å²) < 4.78 is 0. The number of amides is 1. The number of aliphatic hydroxyl groups excluding tert-OH is 1. The summed E-state index contributed by atoms with van der Waals surface area (Å²) in [5, 5.41) is 13.4. The van der Waals surface area contributed by atoms with Crippen molar-refractivity contribution >= 4 is 5.91 Å². The zero-order valence-corrected chi connectivity index (χ0v) is 14.1. The highest BCUT2D eigenvalue weighted by molar-refractivity contribution is 5.76. The van der Waals surface area contributed by atoms with Crippen LogP contribution in [0.2, 0.25) is 0 Å². The van der Waals surface area contributed by atoms with E-state index in [0.717, 1.165) is 45.2 Å². The average molecular weight is 296 g/mol. The zero-order chi connectivity index (χ0) is 15.7. The Morgan fingerprint density at radius 3 is 2.38 bits per heavy atom. The third-order valence-corrected chi connectivity index (χ3v) is 4.79. The van der Waals surface area contributed by atoms with Crippen molar-refractivity contribution in [1.82, 2.24) is 10.2 Å². The summed E-state index contributed by atoms with van der Waals surface area (Å²) in [5.74, 6) is 0.736. The van der Waals surface area contributed by atoms with Gasteiger partial charge in [0.05, 0.1) is 6.10 Å². The maximum Gasteiger partial charge on any atom is 0.222 e. The summed E-state index contributed by atoms with van der Waals surface area (Å²) >= 11 is 0. The molecule has 0 radical (unpaired) electrons. The van der Waals surface area contributed by atoms with E-state index in [4.69, 9.17) is 0 Å². The molecule has 0 spiro atoms. The van der Waals surface area contributed by atoms with Gasteiger partial charge in [0.15, 0.2) is 0 Å². The van der Waals surface area contributed by atoms with Gasteiger partial charge in [0.2, 0.25) is 5.91 Å². The molecule has 4 heteroatoms. The van der Waals surface area contributed by atoms with Gasteiger partial charge >= 0.3 is 0 Å². The molecule has 0 aromatic rings. The number of aliphatic hydroxyl groups is 1. The van der Waals surface area contributed by atoms with Gasteiger partial charge in [-0.15, -0.1) is 0 Å². The fraction of sp³-hybridized carbons (Fsp3) is 0.941. The molecule has 0 saturated carbocycles. The Morgan fingerprint density at radius 2 is 1.76 bits per heavy atom. The van der Waals surface area contributed by atoms with Gasteiger partial charge in [-0.1, -0.05) is 0 Å². The fourth-order valence-corrected chi connectivity index (χ4v) is 4.38. The molecule has 2 N–H and O–H groups in total. The van der Waals surface area contributed by atoms with Crippen molar-refractivity contribution in [2.75, 3.05) is 13.1 Å². The molecular formula is C17H32N2O2. The number of nitrogens with zero attached hydrogens (tertiary/aromatic N) is 1. The molecule has 0 aliphatic carbocycles. The standard InChI is InChI=1S/C17H32N2O2/c1-16(2)11-13(12-17(3,4)18-16)10-15(21)19-8-5-6-14(20)7-9-19/h13-14,18,20H,5-12H2,1-4H3/t14-/m0/s1. The first-order valence-electron chi connectivity index (χ1n) is 8.42. The predicted molar refractivity (Wildman–Crippen MR) is 85.1 cm³/mol. The Hall–Kier alpha value is -0.610. The second kappa shape index (κ2) is 6.25. The smallest absolute Gasteiger partial charge is 0.222 e. The first-order chi connectivity index (χ1) is 9.67. The largest absolute Gasteiger partial charge is 0.393 e. The highest BCUT2D eigenvalue weighted by atomic mass is 16.3. The first kappa shape index (κ1) is 16.8. The summed E-state index contributed by atoms with van der Waals surface area (Å²) in [6, 6.07) is 0. The lowest BCUT2D eigenvalue weighted by atomic mass is 9.74. The van der Waals surface area contributed by atoms with Crippen LogP contribution in [0.25, 0.3) is 0 Å². The first-order valence-corrected chi connectivity index (χ1v) is 8.42. The molecule has 2 aliphatic rings. The van der Waals surface area contributed by atoms with E-state index in [9.17, 15) is 9.90 Å². The Kier molecular flexibility index (Phi) is 4.99. The van der Waals surface area contributed by atoms with Crippen molar-refractivity contribution in [1.29, 1.82) is 0 Å². The molecule has 2 rings (SSSR count). The van der Waals surface area contributed by atoms with E-state index >= 15 is 0 Å². The van der Waals surface area contributed by atoms with Crippen LogP contribution in [0.4, 0.5) is 0 Å². The number of carbonyl (C=O) groups is 1. The molecule has 2 fully saturated rings. The Balaban J connectivity index is 1.92. The van der Waals surface area contributed by atoms with Crippen molar-refractivity contribution in [2.24, 2.45) is 5.92 Å². The van der Waals surface area contributed by atoms with Crippen LogP contribution in [0.1, 0.15) is 66.2 Å². The van der Waals surface area contributed by atoms with Crippen LogP contribution >= 0.6 is 0 Å². The third kappa shape index (κ3) is 4.96. The van der Waals surface area contributed by atoms with Crippen LogP contribution in [0, 0.1) is 5.92 Å². The third-order valence-electron chi connectivity index (χ3n) is 4.79. The lowest BCUT2D eigenvalue weighted by Gasteiger charge is -2.46. The summed E-state index contributed by atoms with van der Waals surface area (Å²) in [5.41, 5.74) is 0.198. The highest BCUT2D eigenvalue weighted by Crippen LogP contribution is 2.35. The number of hydrogen-bond donors (Lipinski definition) is 2. The van der Waals surface area contributed by atoms with Gasteiger partial charge < -0.3 is 15.3 Å². The van der Waals surface area contributed by atoms with Gasteiger partial charge in [-0.2, -0.15) is 0 Å². The molecule has 122 valence electrons. The Morgan fingerprint density at radius 1 is 1.14 bits per heavy atom. The van der Waals surface area contributed by atoms with Crippen LogP contribution < -0.4 is 5.32 Å². The summed E-state index contributed by atoms with van der Waals surface area (Å²) in [6.07, 6.45) is 5.03. The number of rotatable bonds is 2. The molecule has 2 heterocycles. The second-order valence-electron chi connectivity index (χ2n) is 8.34. The van der Waals surface area contributed by atoms with Gasteiger partial charge in [0, 0.05) is 30.6 Å². The predicted octanol–water partition coefficient (Wildman–Crippen LogP) is 2.31. The second-order valence-corrected chi connectivity index (χ2v) is 8.34. The molecule has 1 amide bonds. The van der Waals surface area contributed by atoms with Crippen molar-refractivity contribution in [3.05, 3.63) is 0 Å². The minimum Gasteiger partial charge on any atom is -0.393 e. The van der Waals surface area contributed by atoms with E-state index in [-0.39, 0.29) is 23.1 Å². The highest BCUT2D eigenvalue weighted by Gasteiger charge is 2.38. The van der Waals surface area contributed by atoms with Crippen LogP contribution in [0.15, 0.2) is 0 Å². The van der Waals surface area contributed by atoms with Crippen molar-refractivity contribution in [3.63, 3.8) is 0 Å². The van der Waals surface area contributed by atoms with Gasteiger partial charge in [-0.05, 0) is 65.7 Å². The fourth-order valence-electron chi connectivity index (χ4n) is 4.38. The Labute approximate surface area is 129 Å². The average Bonchev–Trinajstić information content (AvgIpc) is 2.49. The molecule has 2 saturated heterocycles. The normalized spacial score (nSPS) is 30.0. The summed E-state index contributed by atoms with van der Waals surface area (Å²) in [7, 11) is 0. The molecular weight excluding hydrogens is 264 g/mol. The molecule has 0 bridgehead atoms. The summed E-state index contributed by atoms with van der Waals surface area (Å²) in [4.78, 5) is 14.5. The van der Waals surface area contributed by atoms with Crippen LogP contribution in [0.3, 0.4) is 0 Å². The van der Waals surface area contributed by atoms with E-state index in [1.807, 2.05) is 4.90 Å². The molecule has 4 nitrogen and oxygen atoms in total. The molecule has 1 atom stereocenters. The van der Waals surface area contributed by atoms with Gasteiger partial charge in [-0.25, -0.2) is 0 Å². The number of piperidine rings is 1. The maximum absolute atomic E-state index is 12.6. The van der Waals surface area contributed by atoms with Crippen molar-refractivity contribution in [3.8, 4) is 0 Å².